The molecular weight excluding hydrogens is 431 g/mol. The molecule has 1 aliphatic heterocycles. The zero-order valence-electron chi connectivity index (χ0n) is 16.5. The van der Waals surface area contributed by atoms with Gasteiger partial charge in [0.25, 0.3) is 5.91 Å². The maximum Gasteiger partial charge on any atom is 0.292 e. The first-order chi connectivity index (χ1) is 15.7. The van der Waals surface area contributed by atoms with Gasteiger partial charge in [-0.2, -0.15) is 0 Å². The number of para-hydroxylation sites is 1. The first kappa shape index (κ1) is 18.8. The van der Waals surface area contributed by atoms with E-state index in [2.05, 4.69) is 24.9 Å². The van der Waals surface area contributed by atoms with Crippen molar-refractivity contribution >= 4 is 27.5 Å². The minimum atomic E-state index is -0.573. The molecule has 1 aliphatic rings. The summed E-state index contributed by atoms with van der Waals surface area (Å²) in [7, 11) is 0. The van der Waals surface area contributed by atoms with E-state index in [4.69, 9.17) is 4.42 Å². The summed E-state index contributed by atoms with van der Waals surface area (Å²) in [5.41, 5.74) is 2.83. The zero-order chi connectivity index (χ0) is 21.7. The lowest BCUT2D eigenvalue weighted by Crippen LogP contribution is -2.40. The summed E-state index contributed by atoms with van der Waals surface area (Å²) >= 11 is 1.35. The Morgan fingerprint density at radius 1 is 1.19 bits per heavy atom. The van der Waals surface area contributed by atoms with Crippen LogP contribution in [0.2, 0.25) is 0 Å². The number of fused-ring (bicyclic) bond motifs is 2. The average molecular weight is 446 g/mol. The number of amides is 1. The molecule has 1 atom stereocenters. The molecular formula is C22H15FN6O2S. The number of pyridine rings is 1. The zero-order valence-corrected chi connectivity index (χ0v) is 17.3. The molecule has 5 heterocycles. The number of carbonyl (C=O) groups excluding carboxylic acids is 1. The summed E-state index contributed by atoms with van der Waals surface area (Å²) in [6, 6.07) is 9.65. The summed E-state index contributed by atoms with van der Waals surface area (Å²) in [6.45, 7) is 0.416. The first-order valence-corrected chi connectivity index (χ1v) is 10.8. The van der Waals surface area contributed by atoms with E-state index in [0.717, 1.165) is 5.69 Å². The maximum absolute atomic E-state index is 14.3. The Bertz CT molecular complexity index is 1440. The fraction of sp³-hybridized carbons (Fsp3) is 0.136. The minimum absolute atomic E-state index is 0.0972. The van der Waals surface area contributed by atoms with Gasteiger partial charge in [-0.15, -0.1) is 11.3 Å². The van der Waals surface area contributed by atoms with Crippen LogP contribution < -0.4 is 0 Å². The molecule has 1 amide bonds. The number of hydrogen-bond acceptors (Lipinski definition) is 7. The molecule has 0 saturated carbocycles. The number of hydrogen-bond donors (Lipinski definition) is 1. The van der Waals surface area contributed by atoms with Crippen LogP contribution in [0.25, 0.3) is 21.6 Å². The number of aromatic nitrogens is 5. The van der Waals surface area contributed by atoms with Gasteiger partial charge in [0.2, 0.25) is 5.76 Å². The fourth-order valence-corrected chi connectivity index (χ4v) is 5.11. The number of halogens is 1. The van der Waals surface area contributed by atoms with Crippen LogP contribution in [-0.4, -0.2) is 42.3 Å². The van der Waals surface area contributed by atoms with E-state index in [-0.39, 0.29) is 17.2 Å². The van der Waals surface area contributed by atoms with Gasteiger partial charge in [-0.3, -0.25) is 9.78 Å². The molecule has 32 heavy (non-hydrogen) atoms. The number of aromatic amines is 1. The third kappa shape index (κ3) is 2.91. The van der Waals surface area contributed by atoms with E-state index in [0.29, 0.717) is 39.8 Å². The van der Waals surface area contributed by atoms with Crippen molar-refractivity contribution in [1.82, 2.24) is 29.8 Å². The molecule has 0 aliphatic carbocycles. The summed E-state index contributed by atoms with van der Waals surface area (Å²) in [5, 5.41) is 0.588. The largest absolute Gasteiger partial charge is 0.438 e. The van der Waals surface area contributed by atoms with Crippen molar-refractivity contribution in [3.8, 4) is 11.4 Å². The van der Waals surface area contributed by atoms with E-state index in [9.17, 15) is 9.18 Å². The Morgan fingerprint density at radius 3 is 2.97 bits per heavy atom. The number of oxazole rings is 1. The van der Waals surface area contributed by atoms with Crippen LogP contribution in [0.3, 0.4) is 0 Å². The Labute approximate surface area is 184 Å². The Morgan fingerprint density at radius 2 is 2.12 bits per heavy atom. The van der Waals surface area contributed by atoms with Crippen molar-refractivity contribution in [1.29, 1.82) is 0 Å². The van der Waals surface area contributed by atoms with Crippen molar-refractivity contribution in [2.24, 2.45) is 0 Å². The molecule has 6 rings (SSSR count). The number of thiazole rings is 1. The predicted octanol–water partition coefficient (Wildman–Crippen LogP) is 4.00. The highest BCUT2D eigenvalue weighted by molar-refractivity contribution is 7.18. The van der Waals surface area contributed by atoms with Crippen molar-refractivity contribution in [2.75, 3.05) is 6.54 Å². The average Bonchev–Trinajstić information content (AvgIpc) is 3.58. The van der Waals surface area contributed by atoms with Crippen molar-refractivity contribution in [2.45, 2.75) is 12.5 Å². The van der Waals surface area contributed by atoms with Crippen LogP contribution in [0, 0.1) is 5.82 Å². The molecule has 8 nitrogen and oxygen atoms in total. The second-order valence-electron chi connectivity index (χ2n) is 7.30. The molecule has 10 heteroatoms. The van der Waals surface area contributed by atoms with E-state index in [1.165, 1.54) is 23.8 Å². The van der Waals surface area contributed by atoms with Gasteiger partial charge in [0.1, 0.15) is 28.1 Å². The minimum Gasteiger partial charge on any atom is -0.438 e. The van der Waals surface area contributed by atoms with Crippen LogP contribution in [0.15, 0.2) is 59.7 Å². The third-order valence-electron chi connectivity index (χ3n) is 5.48. The molecule has 158 valence electrons. The van der Waals surface area contributed by atoms with Gasteiger partial charge in [-0.05, 0) is 24.3 Å². The highest BCUT2D eigenvalue weighted by Crippen LogP contribution is 2.39. The lowest BCUT2D eigenvalue weighted by atomic mass is 10.0. The highest BCUT2D eigenvalue weighted by Gasteiger charge is 2.39. The van der Waals surface area contributed by atoms with E-state index < -0.39 is 11.9 Å². The van der Waals surface area contributed by atoms with E-state index >= 15 is 0 Å². The quantitative estimate of drug-likeness (QED) is 0.450. The number of rotatable bonds is 3. The van der Waals surface area contributed by atoms with Gasteiger partial charge in [0.15, 0.2) is 6.39 Å². The summed E-state index contributed by atoms with van der Waals surface area (Å²) in [5.74, 6) is -0.643. The molecule has 0 unspecified atom stereocenters. The maximum atomic E-state index is 14.3. The highest BCUT2D eigenvalue weighted by atomic mass is 32.1. The van der Waals surface area contributed by atoms with E-state index in [1.54, 1.807) is 35.6 Å². The topological polar surface area (TPSA) is 101 Å². The Balaban J connectivity index is 1.46. The fourth-order valence-electron chi connectivity index (χ4n) is 4.01. The van der Waals surface area contributed by atoms with Crippen molar-refractivity contribution in [3.05, 3.63) is 83.3 Å². The smallest absolute Gasteiger partial charge is 0.292 e. The number of nitrogens with one attached hydrogen (secondary N) is 1. The predicted molar refractivity (Wildman–Crippen MR) is 114 cm³/mol. The van der Waals surface area contributed by atoms with Crippen LogP contribution >= 0.6 is 11.3 Å². The summed E-state index contributed by atoms with van der Waals surface area (Å²) < 4.78 is 20.6. The van der Waals surface area contributed by atoms with Crippen LogP contribution in [-0.2, 0) is 6.42 Å². The van der Waals surface area contributed by atoms with Gasteiger partial charge in [-0.25, -0.2) is 19.3 Å². The molecule has 1 aromatic carbocycles. The van der Waals surface area contributed by atoms with Crippen molar-refractivity contribution < 1.29 is 13.6 Å². The number of H-pyrrole nitrogens is 1. The number of benzene rings is 1. The first-order valence-electron chi connectivity index (χ1n) is 9.93. The summed E-state index contributed by atoms with van der Waals surface area (Å²) in [4.78, 5) is 36.0. The second kappa shape index (κ2) is 7.34. The van der Waals surface area contributed by atoms with Gasteiger partial charge < -0.3 is 14.3 Å². The second-order valence-corrected chi connectivity index (χ2v) is 8.36. The SMILES string of the molecule is O=C(c1ocnc1-c1ccccn1)N1CCc2[nH]cnc2[C@H]1c1nc2c(F)cccc2s1. The molecule has 0 bridgehead atoms. The number of carbonyl (C=O) groups is 1. The van der Waals surface area contributed by atoms with Gasteiger partial charge in [0, 0.05) is 24.9 Å². The van der Waals surface area contributed by atoms with Crippen LogP contribution in [0.4, 0.5) is 4.39 Å². The Kier molecular flexibility index (Phi) is 4.32. The lowest BCUT2D eigenvalue weighted by Gasteiger charge is -2.33. The number of imidazole rings is 1. The molecule has 0 fully saturated rings. The molecule has 5 aromatic rings. The Hall–Kier alpha value is -3.92. The van der Waals surface area contributed by atoms with Gasteiger partial charge in [-0.1, -0.05) is 12.1 Å². The van der Waals surface area contributed by atoms with Gasteiger partial charge >= 0.3 is 0 Å². The van der Waals surface area contributed by atoms with Crippen LogP contribution in [0.5, 0.6) is 0 Å². The van der Waals surface area contributed by atoms with Crippen molar-refractivity contribution in [3.63, 3.8) is 0 Å². The van der Waals surface area contributed by atoms with E-state index in [1.807, 2.05) is 12.1 Å². The van der Waals surface area contributed by atoms with Crippen LogP contribution in [0.1, 0.15) is 33.0 Å². The molecule has 0 saturated heterocycles. The molecule has 0 spiro atoms. The van der Waals surface area contributed by atoms with Gasteiger partial charge in [0.05, 0.1) is 22.4 Å². The summed E-state index contributed by atoms with van der Waals surface area (Å²) in [6.07, 6.45) is 5.08. The standard InChI is InChI=1S/C22H15FN6O2S/c23-12-4-3-6-15-16(12)28-21(32-15)19-17-14(25-10-26-17)7-9-29(19)22(30)20-18(27-11-31-20)13-5-1-2-8-24-13/h1-6,8,10-11,19H,7,9H2,(H,25,26)/t19-/m0/s1. The lowest BCUT2D eigenvalue weighted by molar-refractivity contribution is 0.0659. The normalized spacial score (nSPS) is 15.8. The monoisotopic (exact) mass is 446 g/mol. The molecule has 1 N–H and O–H groups in total. The molecule has 4 aromatic heterocycles. The number of nitrogens with zero attached hydrogens (tertiary/aromatic N) is 5. The third-order valence-corrected chi connectivity index (χ3v) is 6.55. The molecule has 0 radical (unpaired) electrons.